The summed E-state index contributed by atoms with van der Waals surface area (Å²) in [4.78, 5) is 26.2. The van der Waals surface area contributed by atoms with Crippen molar-refractivity contribution in [1.29, 1.82) is 0 Å². The van der Waals surface area contributed by atoms with Crippen molar-refractivity contribution in [3.63, 3.8) is 0 Å². The van der Waals surface area contributed by atoms with Crippen LogP contribution < -0.4 is 5.32 Å². The van der Waals surface area contributed by atoms with Gasteiger partial charge in [-0.15, -0.1) is 0 Å². The van der Waals surface area contributed by atoms with Gasteiger partial charge in [-0.1, -0.05) is 30.5 Å². The minimum absolute atomic E-state index is 0.0518. The van der Waals surface area contributed by atoms with Crippen molar-refractivity contribution < 1.29 is 9.59 Å². The van der Waals surface area contributed by atoms with Crippen molar-refractivity contribution >= 4 is 29.1 Å². The van der Waals surface area contributed by atoms with Gasteiger partial charge in [0.05, 0.1) is 6.42 Å². The van der Waals surface area contributed by atoms with Gasteiger partial charge in [-0.25, -0.2) is 0 Å². The van der Waals surface area contributed by atoms with Crippen LogP contribution in [0.2, 0.25) is 5.02 Å². The number of rotatable bonds is 3. The lowest BCUT2D eigenvalue weighted by Gasteiger charge is -2.22. The molecule has 0 bridgehead atoms. The Kier molecular flexibility index (Phi) is 3.89. The molecule has 1 unspecified atom stereocenters. The molecule has 3 rings (SSSR count). The average Bonchev–Trinajstić information content (AvgIpc) is 3.03. The third-order valence-electron chi connectivity index (χ3n) is 4.40. The predicted octanol–water partition coefficient (Wildman–Crippen LogP) is 3.13. The number of halogens is 1. The Morgan fingerprint density at radius 3 is 2.67 bits per heavy atom. The maximum atomic E-state index is 12.5. The Labute approximate surface area is 129 Å². The SMILES string of the molecule is Cc1ccc(Cl)cc1NC1CC(=O)N(C2CCCC2)C1=O. The summed E-state index contributed by atoms with van der Waals surface area (Å²) in [6.07, 6.45) is 4.34. The van der Waals surface area contributed by atoms with E-state index in [9.17, 15) is 9.59 Å². The second kappa shape index (κ2) is 5.68. The number of likely N-dealkylation sites (tertiary alicyclic amines) is 1. The van der Waals surface area contributed by atoms with E-state index in [4.69, 9.17) is 11.6 Å². The van der Waals surface area contributed by atoms with Crippen LogP contribution in [0.15, 0.2) is 18.2 Å². The lowest BCUT2D eigenvalue weighted by atomic mass is 10.1. The number of anilines is 1. The van der Waals surface area contributed by atoms with Crippen molar-refractivity contribution in [2.24, 2.45) is 0 Å². The fraction of sp³-hybridized carbons (Fsp3) is 0.500. The molecule has 1 aliphatic carbocycles. The van der Waals surface area contributed by atoms with E-state index in [2.05, 4.69) is 5.32 Å². The highest BCUT2D eigenvalue weighted by molar-refractivity contribution is 6.30. The maximum Gasteiger partial charge on any atom is 0.252 e. The fourth-order valence-corrected chi connectivity index (χ4v) is 3.42. The zero-order valence-electron chi connectivity index (χ0n) is 12.1. The van der Waals surface area contributed by atoms with E-state index >= 15 is 0 Å². The van der Waals surface area contributed by atoms with Gasteiger partial charge in [0.15, 0.2) is 0 Å². The number of hydrogen-bond acceptors (Lipinski definition) is 3. The third-order valence-corrected chi connectivity index (χ3v) is 4.64. The first-order valence-corrected chi connectivity index (χ1v) is 7.82. The van der Waals surface area contributed by atoms with Crippen molar-refractivity contribution in [3.8, 4) is 0 Å². The van der Waals surface area contributed by atoms with E-state index in [1.165, 1.54) is 4.90 Å². The Hall–Kier alpha value is -1.55. The lowest BCUT2D eigenvalue weighted by Crippen LogP contribution is -2.41. The highest BCUT2D eigenvalue weighted by Gasteiger charge is 2.43. The normalized spacial score (nSPS) is 23.1. The molecule has 1 N–H and O–H groups in total. The molecule has 1 saturated carbocycles. The molecule has 1 saturated heterocycles. The molecule has 0 spiro atoms. The van der Waals surface area contributed by atoms with Crippen molar-refractivity contribution in [2.45, 2.75) is 51.1 Å². The topological polar surface area (TPSA) is 49.4 Å². The minimum atomic E-state index is -0.463. The molecule has 0 radical (unpaired) electrons. The molecule has 5 heteroatoms. The van der Waals surface area contributed by atoms with E-state index in [0.29, 0.717) is 5.02 Å². The van der Waals surface area contributed by atoms with Crippen LogP contribution in [0.1, 0.15) is 37.7 Å². The number of aryl methyl sites for hydroxylation is 1. The molecule has 1 atom stereocenters. The molecule has 0 aromatic heterocycles. The molecule has 112 valence electrons. The van der Waals surface area contributed by atoms with E-state index in [0.717, 1.165) is 36.9 Å². The Morgan fingerprint density at radius 1 is 1.24 bits per heavy atom. The van der Waals surface area contributed by atoms with Crippen LogP contribution in [-0.2, 0) is 9.59 Å². The van der Waals surface area contributed by atoms with Gasteiger partial charge in [-0.3, -0.25) is 14.5 Å². The van der Waals surface area contributed by atoms with Gasteiger partial charge in [0, 0.05) is 16.8 Å². The second-order valence-electron chi connectivity index (χ2n) is 5.90. The van der Waals surface area contributed by atoms with E-state index < -0.39 is 6.04 Å². The van der Waals surface area contributed by atoms with Crippen LogP contribution >= 0.6 is 11.6 Å². The number of amides is 2. The summed E-state index contributed by atoms with van der Waals surface area (Å²) in [5.74, 6) is -0.143. The Morgan fingerprint density at radius 2 is 1.95 bits per heavy atom. The van der Waals surface area contributed by atoms with Gasteiger partial charge in [0.1, 0.15) is 6.04 Å². The van der Waals surface area contributed by atoms with Gasteiger partial charge in [-0.2, -0.15) is 0 Å². The molecule has 1 aliphatic heterocycles. The molecule has 21 heavy (non-hydrogen) atoms. The van der Waals surface area contributed by atoms with Crippen LogP contribution in [0.5, 0.6) is 0 Å². The first kappa shape index (κ1) is 14.4. The van der Waals surface area contributed by atoms with Gasteiger partial charge >= 0.3 is 0 Å². The van der Waals surface area contributed by atoms with Gasteiger partial charge < -0.3 is 5.32 Å². The number of nitrogens with zero attached hydrogens (tertiary/aromatic N) is 1. The van der Waals surface area contributed by atoms with Crippen molar-refractivity contribution in [1.82, 2.24) is 4.90 Å². The zero-order valence-corrected chi connectivity index (χ0v) is 12.8. The average molecular weight is 307 g/mol. The summed E-state index contributed by atoms with van der Waals surface area (Å²) in [6, 6.07) is 5.16. The van der Waals surface area contributed by atoms with Crippen LogP contribution in [0, 0.1) is 6.92 Å². The smallest absolute Gasteiger partial charge is 0.252 e. The summed E-state index contributed by atoms with van der Waals surface area (Å²) in [6.45, 7) is 1.95. The molecule has 2 amide bonds. The Bertz CT molecular complexity index is 582. The highest BCUT2D eigenvalue weighted by atomic mass is 35.5. The summed E-state index contributed by atoms with van der Waals surface area (Å²) in [5.41, 5.74) is 1.83. The second-order valence-corrected chi connectivity index (χ2v) is 6.34. The van der Waals surface area contributed by atoms with Gasteiger partial charge in [-0.05, 0) is 37.5 Å². The highest BCUT2D eigenvalue weighted by Crippen LogP contribution is 2.30. The van der Waals surface area contributed by atoms with Crippen LogP contribution in [0.25, 0.3) is 0 Å². The molecule has 2 aliphatic rings. The molecule has 1 aromatic carbocycles. The molecule has 4 nitrogen and oxygen atoms in total. The summed E-state index contributed by atoms with van der Waals surface area (Å²) >= 11 is 6.00. The summed E-state index contributed by atoms with van der Waals surface area (Å²) in [7, 11) is 0. The maximum absolute atomic E-state index is 12.5. The molecule has 1 aromatic rings. The number of benzene rings is 1. The van der Waals surface area contributed by atoms with Crippen molar-refractivity contribution in [3.05, 3.63) is 28.8 Å². The van der Waals surface area contributed by atoms with E-state index in [-0.39, 0.29) is 24.3 Å². The molecule has 1 heterocycles. The Balaban J connectivity index is 1.76. The number of imide groups is 1. The fourth-order valence-electron chi connectivity index (χ4n) is 3.25. The molecule has 2 fully saturated rings. The van der Waals surface area contributed by atoms with Gasteiger partial charge in [0.25, 0.3) is 5.91 Å². The van der Waals surface area contributed by atoms with Crippen LogP contribution in [0.4, 0.5) is 5.69 Å². The first-order valence-electron chi connectivity index (χ1n) is 7.45. The molecular weight excluding hydrogens is 288 g/mol. The predicted molar refractivity (Wildman–Crippen MR) is 82.3 cm³/mol. The van der Waals surface area contributed by atoms with E-state index in [1.54, 1.807) is 6.07 Å². The first-order chi connectivity index (χ1) is 10.1. The van der Waals surface area contributed by atoms with Crippen LogP contribution in [-0.4, -0.2) is 28.8 Å². The number of carbonyl (C=O) groups is 2. The third kappa shape index (κ3) is 2.77. The van der Waals surface area contributed by atoms with Gasteiger partial charge in [0.2, 0.25) is 5.91 Å². The largest absolute Gasteiger partial charge is 0.373 e. The molecular formula is C16H19ClN2O2. The summed E-state index contributed by atoms with van der Waals surface area (Å²) < 4.78 is 0. The lowest BCUT2D eigenvalue weighted by molar-refractivity contribution is -0.141. The number of nitrogens with one attached hydrogen (secondary N) is 1. The quantitative estimate of drug-likeness (QED) is 0.873. The monoisotopic (exact) mass is 306 g/mol. The van der Waals surface area contributed by atoms with Crippen LogP contribution in [0.3, 0.4) is 0 Å². The van der Waals surface area contributed by atoms with E-state index in [1.807, 2.05) is 19.1 Å². The standard InChI is InChI=1S/C16H19ClN2O2/c1-10-6-7-11(17)8-13(10)18-14-9-15(20)19(16(14)21)12-4-2-3-5-12/h6-8,12,14,18H,2-5,9H2,1H3. The number of hydrogen-bond donors (Lipinski definition) is 1. The minimum Gasteiger partial charge on any atom is -0.373 e. The zero-order chi connectivity index (χ0) is 15.0. The summed E-state index contributed by atoms with van der Waals surface area (Å²) in [5, 5.41) is 3.81. The number of carbonyl (C=O) groups excluding carboxylic acids is 2. The van der Waals surface area contributed by atoms with Crippen molar-refractivity contribution in [2.75, 3.05) is 5.32 Å².